The van der Waals surface area contributed by atoms with Gasteiger partial charge in [-0.2, -0.15) is 15.0 Å². The van der Waals surface area contributed by atoms with E-state index >= 15 is 0 Å². The predicted molar refractivity (Wildman–Crippen MR) is 76.5 cm³/mol. The summed E-state index contributed by atoms with van der Waals surface area (Å²) in [7, 11) is 3.61. The SMILES string of the molecule is CN(C)c1nc(Cl)nc(Oc2ccc(CCO)cc2)n1. The highest BCUT2D eigenvalue weighted by Gasteiger charge is 2.08. The maximum Gasteiger partial charge on any atom is 0.328 e. The molecule has 7 heteroatoms. The molecule has 0 saturated heterocycles. The van der Waals surface area contributed by atoms with Gasteiger partial charge in [0.05, 0.1) is 0 Å². The second-order valence-electron chi connectivity index (χ2n) is 4.30. The Morgan fingerprint density at radius 1 is 1.15 bits per heavy atom. The van der Waals surface area contributed by atoms with E-state index in [0.29, 0.717) is 18.1 Å². The van der Waals surface area contributed by atoms with E-state index in [9.17, 15) is 0 Å². The minimum absolute atomic E-state index is 0.0793. The molecule has 0 fully saturated rings. The smallest absolute Gasteiger partial charge is 0.328 e. The maximum atomic E-state index is 8.86. The van der Waals surface area contributed by atoms with Crippen LogP contribution in [0, 0.1) is 0 Å². The molecule has 0 aliphatic heterocycles. The minimum Gasteiger partial charge on any atom is -0.424 e. The highest BCUT2D eigenvalue weighted by Crippen LogP contribution is 2.21. The highest BCUT2D eigenvalue weighted by molar-refractivity contribution is 6.28. The molecule has 0 aliphatic carbocycles. The van der Waals surface area contributed by atoms with Crippen LogP contribution in [0.2, 0.25) is 5.28 Å². The molecule has 6 nitrogen and oxygen atoms in total. The molecular weight excluding hydrogens is 280 g/mol. The summed E-state index contributed by atoms with van der Waals surface area (Å²) in [6.07, 6.45) is 0.614. The Kier molecular flexibility index (Phi) is 4.70. The van der Waals surface area contributed by atoms with Crippen LogP contribution < -0.4 is 9.64 Å². The molecule has 1 aromatic carbocycles. The maximum absolute atomic E-state index is 8.86. The topological polar surface area (TPSA) is 71.4 Å². The molecule has 0 saturated carbocycles. The van der Waals surface area contributed by atoms with Crippen molar-refractivity contribution in [2.75, 3.05) is 25.6 Å². The zero-order chi connectivity index (χ0) is 14.5. The van der Waals surface area contributed by atoms with Crippen LogP contribution in [0.25, 0.3) is 0 Å². The van der Waals surface area contributed by atoms with Gasteiger partial charge in [-0.3, -0.25) is 0 Å². The standard InChI is InChI=1S/C13H15ClN4O2/c1-18(2)12-15-11(14)16-13(17-12)20-10-5-3-9(4-6-10)7-8-19/h3-6,19H,7-8H2,1-2H3. The summed E-state index contributed by atoms with van der Waals surface area (Å²) < 4.78 is 5.55. The van der Waals surface area contributed by atoms with Crippen molar-refractivity contribution in [2.45, 2.75) is 6.42 Å². The van der Waals surface area contributed by atoms with E-state index in [1.165, 1.54) is 0 Å². The number of anilines is 1. The summed E-state index contributed by atoms with van der Waals surface area (Å²) >= 11 is 5.83. The van der Waals surface area contributed by atoms with Gasteiger partial charge in [-0.1, -0.05) is 12.1 Å². The Morgan fingerprint density at radius 2 is 1.85 bits per heavy atom. The van der Waals surface area contributed by atoms with Crippen molar-refractivity contribution in [2.24, 2.45) is 0 Å². The number of rotatable bonds is 5. The van der Waals surface area contributed by atoms with Gasteiger partial charge in [-0.05, 0) is 35.7 Å². The summed E-state index contributed by atoms with van der Waals surface area (Å²) in [5.41, 5.74) is 1.03. The Bertz CT molecular complexity index is 575. The van der Waals surface area contributed by atoms with Gasteiger partial charge in [0.25, 0.3) is 0 Å². The van der Waals surface area contributed by atoms with Gasteiger partial charge in [0.2, 0.25) is 11.2 Å². The van der Waals surface area contributed by atoms with Crippen molar-refractivity contribution < 1.29 is 9.84 Å². The molecule has 1 aromatic heterocycles. The molecule has 2 aromatic rings. The molecule has 0 bridgehead atoms. The van der Waals surface area contributed by atoms with Gasteiger partial charge >= 0.3 is 6.01 Å². The Morgan fingerprint density at radius 3 is 2.45 bits per heavy atom. The Hall–Kier alpha value is -1.92. The van der Waals surface area contributed by atoms with Crippen LogP contribution in [0.5, 0.6) is 11.8 Å². The molecule has 0 radical (unpaired) electrons. The summed E-state index contributed by atoms with van der Waals surface area (Å²) in [6.45, 7) is 0.121. The second-order valence-corrected chi connectivity index (χ2v) is 4.64. The quantitative estimate of drug-likeness (QED) is 0.908. The van der Waals surface area contributed by atoms with Crippen molar-refractivity contribution in [1.29, 1.82) is 0 Å². The summed E-state index contributed by atoms with van der Waals surface area (Å²) in [4.78, 5) is 13.8. The third-order valence-corrected chi connectivity index (χ3v) is 2.68. The Labute approximate surface area is 122 Å². The summed E-state index contributed by atoms with van der Waals surface area (Å²) in [5, 5.41) is 8.94. The van der Waals surface area contributed by atoms with Crippen molar-refractivity contribution in [3.8, 4) is 11.8 Å². The second kappa shape index (κ2) is 6.49. The lowest BCUT2D eigenvalue weighted by atomic mass is 10.1. The highest BCUT2D eigenvalue weighted by atomic mass is 35.5. The fourth-order valence-corrected chi connectivity index (χ4v) is 1.67. The molecule has 20 heavy (non-hydrogen) atoms. The molecule has 0 unspecified atom stereocenters. The normalized spacial score (nSPS) is 10.4. The molecule has 0 amide bonds. The molecular formula is C13H15ClN4O2. The van der Waals surface area contributed by atoms with Gasteiger partial charge < -0.3 is 14.7 Å². The van der Waals surface area contributed by atoms with Gasteiger partial charge in [0.1, 0.15) is 5.75 Å². The van der Waals surface area contributed by atoms with E-state index in [2.05, 4.69) is 15.0 Å². The number of aliphatic hydroxyl groups excluding tert-OH is 1. The van der Waals surface area contributed by atoms with E-state index in [-0.39, 0.29) is 17.9 Å². The molecule has 0 atom stereocenters. The lowest BCUT2D eigenvalue weighted by Crippen LogP contribution is -2.13. The number of halogens is 1. The number of aromatic nitrogens is 3. The summed E-state index contributed by atoms with van der Waals surface area (Å²) in [5.74, 6) is 1.02. The molecule has 1 heterocycles. The van der Waals surface area contributed by atoms with Crippen LogP contribution in [0.15, 0.2) is 24.3 Å². The van der Waals surface area contributed by atoms with Crippen LogP contribution in [0.1, 0.15) is 5.56 Å². The van der Waals surface area contributed by atoms with Crippen LogP contribution in [0.3, 0.4) is 0 Å². The third kappa shape index (κ3) is 3.79. The van der Waals surface area contributed by atoms with E-state index in [0.717, 1.165) is 5.56 Å². The van der Waals surface area contributed by atoms with Gasteiger partial charge in [0, 0.05) is 20.7 Å². The van der Waals surface area contributed by atoms with Gasteiger partial charge in [0.15, 0.2) is 0 Å². The first-order valence-corrected chi connectivity index (χ1v) is 6.43. The molecule has 0 aliphatic rings. The van der Waals surface area contributed by atoms with E-state index < -0.39 is 0 Å². The zero-order valence-electron chi connectivity index (χ0n) is 11.2. The van der Waals surface area contributed by atoms with E-state index in [4.69, 9.17) is 21.4 Å². The number of hydrogen-bond donors (Lipinski definition) is 1. The predicted octanol–water partition coefficient (Wildman–Crippen LogP) is 1.92. The number of ether oxygens (including phenoxy) is 1. The first-order valence-electron chi connectivity index (χ1n) is 6.05. The van der Waals surface area contributed by atoms with E-state index in [1.54, 1.807) is 31.1 Å². The van der Waals surface area contributed by atoms with E-state index in [1.807, 2.05) is 12.1 Å². The molecule has 106 valence electrons. The Balaban J connectivity index is 2.16. The first kappa shape index (κ1) is 14.5. The monoisotopic (exact) mass is 294 g/mol. The third-order valence-electron chi connectivity index (χ3n) is 2.51. The number of hydrogen-bond acceptors (Lipinski definition) is 6. The van der Waals surface area contributed by atoms with Crippen molar-refractivity contribution >= 4 is 17.5 Å². The van der Waals surface area contributed by atoms with Gasteiger partial charge in [-0.15, -0.1) is 0 Å². The van der Waals surface area contributed by atoms with Crippen LogP contribution in [0.4, 0.5) is 5.95 Å². The average Bonchev–Trinajstić information content (AvgIpc) is 2.40. The molecule has 0 spiro atoms. The van der Waals surface area contributed by atoms with Crippen molar-refractivity contribution in [3.63, 3.8) is 0 Å². The number of benzene rings is 1. The largest absolute Gasteiger partial charge is 0.424 e. The van der Waals surface area contributed by atoms with Crippen LogP contribution in [-0.2, 0) is 6.42 Å². The molecule has 1 N–H and O–H groups in total. The minimum atomic E-state index is 0.0793. The van der Waals surface area contributed by atoms with Crippen molar-refractivity contribution in [3.05, 3.63) is 35.1 Å². The number of nitrogens with zero attached hydrogens (tertiary/aromatic N) is 4. The van der Waals surface area contributed by atoms with Gasteiger partial charge in [-0.25, -0.2) is 0 Å². The fourth-order valence-electron chi connectivity index (χ4n) is 1.53. The average molecular weight is 295 g/mol. The summed E-state index contributed by atoms with van der Waals surface area (Å²) in [6, 6.07) is 7.47. The van der Waals surface area contributed by atoms with Crippen LogP contribution >= 0.6 is 11.6 Å². The zero-order valence-corrected chi connectivity index (χ0v) is 12.0. The molecule has 2 rings (SSSR count). The fraction of sp³-hybridized carbons (Fsp3) is 0.308. The van der Waals surface area contributed by atoms with Crippen molar-refractivity contribution in [1.82, 2.24) is 15.0 Å². The lowest BCUT2D eigenvalue weighted by molar-refractivity contribution is 0.299. The van der Waals surface area contributed by atoms with Crippen LogP contribution in [-0.4, -0.2) is 40.8 Å². The first-order chi connectivity index (χ1) is 9.58. The lowest BCUT2D eigenvalue weighted by Gasteiger charge is -2.11. The number of aliphatic hydroxyl groups is 1.